The molecule has 0 atom stereocenters. The number of hydrogen-bond acceptors (Lipinski definition) is 6. The van der Waals surface area contributed by atoms with Crippen molar-refractivity contribution in [1.82, 2.24) is 15.3 Å². The third-order valence-electron chi connectivity index (χ3n) is 7.32. The van der Waals surface area contributed by atoms with Crippen molar-refractivity contribution < 1.29 is 0 Å². The van der Waals surface area contributed by atoms with Crippen LogP contribution in [0.4, 0.5) is 17.2 Å². The number of anilines is 3. The van der Waals surface area contributed by atoms with Crippen molar-refractivity contribution in [1.29, 1.82) is 0 Å². The van der Waals surface area contributed by atoms with Crippen LogP contribution in [0.25, 0.3) is 10.9 Å². The van der Waals surface area contributed by atoms with Crippen molar-refractivity contribution >= 4 is 33.9 Å². The van der Waals surface area contributed by atoms with E-state index in [0.717, 1.165) is 80.2 Å². The maximum Gasteiger partial charge on any atom is 0.137 e. The largest absolute Gasteiger partial charge is 0.369 e. The zero-order chi connectivity index (χ0) is 27.8. The smallest absolute Gasteiger partial charge is 0.137 e. The molecule has 2 aromatic carbocycles. The summed E-state index contributed by atoms with van der Waals surface area (Å²) >= 11 is 0. The quantitative estimate of drug-likeness (QED) is 0.227. The third-order valence-corrected chi connectivity index (χ3v) is 7.32. The number of aliphatic imine (C=N–C) groups is 1. The van der Waals surface area contributed by atoms with E-state index in [1.165, 1.54) is 16.9 Å². The molecule has 7 nitrogen and oxygen atoms in total. The Morgan fingerprint density at radius 1 is 0.949 bits per heavy atom. The highest BCUT2D eigenvalue weighted by Crippen LogP contribution is 2.27. The van der Waals surface area contributed by atoms with Crippen LogP contribution in [0.15, 0.2) is 60.5 Å². The molecule has 2 heterocycles. The molecule has 1 aromatic heterocycles. The summed E-state index contributed by atoms with van der Waals surface area (Å²) in [6, 6.07) is 13.3. The highest BCUT2D eigenvalue weighted by atomic mass is 15.3. The van der Waals surface area contributed by atoms with Crippen LogP contribution in [0, 0.1) is 18.8 Å². The highest BCUT2D eigenvalue weighted by Gasteiger charge is 2.19. The fraction of sp³-hybridized carbons (Fsp3) is 0.469. The first-order valence-electron chi connectivity index (χ1n) is 14.4. The lowest BCUT2D eigenvalue weighted by Crippen LogP contribution is -2.46. The summed E-state index contributed by atoms with van der Waals surface area (Å²) in [5, 5.41) is 7.82. The van der Waals surface area contributed by atoms with E-state index in [4.69, 9.17) is 4.99 Å². The molecule has 0 aliphatic carbocycles. The van der Waals surface area contributed by atoms with Gasteiger partial charge in [-0.25, -0.2) is 9.97 Å². The van der Waals surface area contributed by atoms with Gasteiger partial charge in [0.2, 0.25) is 0 Å². The van der Waals surface area contributed by atoms with Crippen LogP contribution in [-0.4, -0.2) is 55.1 Å². The number of rotatable bonds is 11. The summed E-state index contributed by atoms with van der Waals surface area (Å²) in [5.74, 6) is 3.13. The van der Waals surface area contributed by atoms with E-state index in [0.29, 0.717) is 11.8 Å². The van der Waals surface area contributed by atoms with Crippen LogP contribution in [-0.2, 0) is 0 Å². The lowest BCUT2D eigenvalue weighted by Gasteiger charge is -2.37. The lowest BCUT2D eigenvalue weighted by atomic mass is 10.1. The Kier molecular flexibility index (Phi) is 9.79. The average Bonchev–Trinajstić information content (AvgIpc) is 2.92. The first-order valence-corrected chi connectivity index (χ1v) is 14.4. The molecule has 39 heavy (non-hydrogen) atoms. The Bertz CT molecular complexity index is 1270. The molecular formula is C32H45N7. The molecule has 208 valence electrons. The minimum atomic E-state index is 0.637. The second kappa shape index (κ2) is 13.5. The summed E-state index contributed by atoms with van der Waals surface area (Å²) in [7, 11) is 0. The van der Waals surface area contributed by atoms with E-state index in [-0.39, 0.29) is 0 Å². The van der Waals surface area contributed by atoms with Crippen LogP contribution >= 0.6 is 0 Å². The second-order valence-corrected chi connectivity index (χ2v) is 11.3. The number of nitrogens with one attached hydrogen (secondary N) is 2. The molecule has 1 saturated heterocycles. The van der Waals surface area contributed by atoms with Crippen molar-refractivity contribution in [2.45, 2.75) is 47.5 Å². The highest BCUT2D eigenvalue weighted by molar-refractivity contribution is 6.01. The van der Waals surface area contributed by atoms with Crippen LogP contribution < -0.4 is 20.4 Å². The van der Waals surface area contributed by atoms with Gasteiger partial charge in [0.25, 0.3) is 0 Å². The van der Waals surface area contributed by atoms with Gasteiger partial charge >= 0.3 is 0 Å². The third kappa shape index (κ3) is 7.49. The minimum Gasteiger partial charge on any atom is -0.369 e. The number of benzene rings is 2. The molecule has 0 unspecified atom stereocenters. The number of aromatic nitrogens is 2. The van der Waals surface area contributed by atoms with Gasteiger partial charge in [0.05, 0.1) is 5.52 Å². The molecule has 1 aliphatic heterocycles. The van der Waals surface area contributed by atoms with Gasteiger partial charge in [-0.2, -0.15) is 0 Å². The molecule has 4 rings (SSSR count). The van der Waals surface area contributed by atoms with Crippen molar-refractivity contribution in [2.75, 3.05) is 54.4 Å². The topological polar surface area (TPSA) is 68.7 Å². The standard InChI is InChI=1S/C32H45N7/c1-7-33-31(34-14-12-23(2)3)28-10-8-26(20-25(28)6)38-16-18-39(19-17-38)27-9-11-29-30(21-27)36-22-37-32(29)35-15-13-24(4)5/h7-11,20-24H,1,12-19H2,2-6H3,(H,33,34)(H,35,36,37). The Morgan fingerprint density at radius 3 is 2.26 bits per heavy atom. The first-order chi connectivity index (χ1) is 18.9. The predicted molar refractivity (Wildman–Crippen MR) is 167 cm³/mol. The number of nitrogens with zero attached hydrogens (tertiary/aromatic N) is 5. The van der Waals surface area contributed by atoms with Crippen molar-refractivity contribution in [3.63, 3.8) is 0 Å². The minimum absolute atomic E-state index is 0.637. The van der Waals surface area contributed by atoms with Crippen molar-refractivity contribution in [3.8, 4) is 0 Å². The maximum atomic E-state index is 4.82. The summed E-state index contributed by atoms with van der Waals surface area (Å²) in [5.41, 5.74) is 5.83. The van der Waals surface area contributed by atoms with Crippen molar-refractivity contribution in [3.05, 3.63) is 66.6 Å². The molecule has 2 N–H and O–H groups in total. The molecular weight excluding hydrogens is 482 g/mol. The van der Waals surface area contributed by atoms with Gasteiger partial charge in [0, 0.05) is 61.6 Å². The molecule has 7 heteroatoms. The molecule has 1 aliphatic rings. The van der Waals surface area contributed by atoms with Gasteiger partial charge in [-0.3, -0.25) is 4.99 Å². The average molecular weight is 528 g/mol. The summed E-state index contributed by atoms with van der Waals surface area (Å²) in [6.45, 7) is 20.6. The van der Waals surface area contributed by atoms with E-state index >= 15 is 0 Å². The zero-order valence-corrected chi connectivity index (χ0v) is 24.4. The fourth-order valence-electron chi connectivity index (χ4n) is 4.94. The van der Waals surface area contributed by atoms with Crippen LogP contribution in [0.2, 0.25) is 0 Å². The normalized spacial score (nSPS) is 14.4. The number of aryl methyl sites for hydroxylation is 1. The zero-order valence-electron chi connectivity index (χ0n) is 24.4. The van der Waals surface area contributed by atoms with E-state index in [1.807, 2.05) is 0 Å². The summed E-state index contributed by atoms with van der Waals surface area (Å²) < 4.78 is 0. The monoisotopic (exact) mass is 527 g/mol. The summed E-state index contributed by atoms with van der Waals surface area (Å²) in [4.78, 5) is 18.8. The van der Waals surface area contributed by atoms with Crippen LogP contribution in [0.3, 0.4) is 0 Å². The van der Waals surface area contributed by atoms with E-state index in [2.05, 4.69) is 108 Å². The molecule has 1 fully saturated rings. The van der Waals surface area contributed by atoms with Gasteiger partial charge in [-0.1, -0.05) is 34.3 Å². The molecule has 0 spiro atoms. The van der Waals surface area contributed by atoms with E-state index < -0.39 is 0 Å². The predicted octanol–water partition coefficient (Wildman–Crippen LogP) is 6.25. The second-order valence-electron chi connectivity index (χ2n) is 11.3. The Morgan fingerprint density at radius 2 is 1.62 bits per heavy atom. The first kappa shape index (κ1) is 28.4. The fourth-order valence-corrected chi connectivity index (χ4v) is 4.94. The van der Waals surface area contributed by atoms with Gasteiger partial charge in [0.1, 0.15) is 18.0 Å². The molecule has 3 aromatic rings. The van der Waals surface area contributed by atoms with Gasteiger partial charge in [-0.15, -0.1) is 0 Å². The van der Waals surface area contributed by atoms with Gasteiger partial charge in [-0.05, 0) is 79.8 Å². The van der Waals surface area contributed by atoms with E-state index in [1.54, 1.807) is 12.5 Å². The Balaban J connectivity index is 1.41. The summed E-state index contributed by atoms with van der Waals surface area (Å²) in [6.07, 6.45) is 5.57. The SMILES string of the molecule is C=CNC(=NCCC(C)C)c1ccc(N2CCN(c3ccc4c(NCCC(C)C)ncnc4c3)CC2)cc1C. The molecule has 0 saturated carbocycles. The Hall–Kier alpha value is -3.61. The maximum absolute atomic E-state index is 4.82. The molecule has 0 amide bonds. The van der Waals surface area contributed by atoms with Crippen LogP contribution in [0.1, 0.15) is 51.7 Å². The number of hydrogen-bond donors (Lipinski definition) is 2. The van der Waals surface area contributed by atoms with Crippen molar-refractivity contribution in [2.24, 2.45) is 16.8 Å². The molecule has 0 radical (unpaired) electrons. The lowest BCUT2D eigenvalue weighted by molar-refractivity contribution is 0.596. The van der Waals surface area contributed by atoms with Gasteiger partial charge in [0.15, 0.2) is 0 Å². The number of fused-ring (bicyclic) bond motifs is 1. The van der Waals surface area contributed by atoms with Crippen LogP contribution in [0.5, 0.6) is 0 Å². The number of piperazine rings is 1. The van der Waals surface area contributed by atoms with E-state index in [9.17, 15) is 0 Å². The molecule has 0 bridgehead atoms. The number of amidine groups is 1. The Labute approximate surface area is 234 Å². The van der Waals surface area contributed by atoms with Gasteiger partial charge < -0.3 is 20.4 Å².